The van der Waals surface area contributed by atoms with Gasteiger partial charge >= 0.3 is 12.3 Å². The summed E-state index contributed by atoms with van der Waals surface area (Å²) >= 11 is 0. The fourth-order valence-electron chi connectivity index (χ4n) is 1.32. The third kappa shape index (κ3) is 2.64. The lowest BCUT2D eigenvalue weighted by molar-refractivity contribution is -0.135. The number of benzene rings is 1. The molecule has 1 rings (SSSR count). The number of hydrogen-bond acceptors (Lipinski definition) is 0. The molecule has 0 aliphatic heterocycles. The van der Waals surface area contributed by atoms with Gasteiger partial charge in [0.25, 0.3) is 0 Å². The summed E-state index contributed by atoms with van der Waals surface area (Å²) in [6.45, 7) is 5.94. The van der Waals surface area contributed by atoms with Crippen LogP contribution in [0.25, 0.3) is 0 Å². The summed E-state index contributed by atoms with van der Waals surface area (Å²) in [4.78, 5) is 0. The van der Waals surface area contributed by atoms with E-state index in [1.807, 2.05) is 19.6 Å². The Labute approximate surface area is 93.3 Å². The Morgan fingerprint density at radius 2 is 1.69 bits per heavy atom. The third-order valence-electron chi connectivity index (χ3n) is 2.39. The molecule has 0 aromatic heterocycles. The van der Waals surface area contributed by atoms with E-state index in [-0.39, 0.29) is 0 Å². The van der Waals surface area contributed by atoms with Gasteiger partial charge in [-0.3, -0.25) is 0 Å². The second-order valence-electron chi connectivity index (χ2n) is 4.75. The molecule has 0 atom stereocenters. The maximum atomic E-state index is 13.1. The van der Waals surface area contributed by atoms with Crippen LogP contribution in [-0.4, -0.2) is 14.5 Å². The Kier molecular flexibility index (Phi) is 3.47. The van der Waals surface area contributed by atoms with Gasteiger partial charge in [0, 0.05) is 5.56 Å². The van der Waals surface area contributed by atoms with Crippen LogP contribution in [0.5, 0.6) is 0 Å². The lowest BCUT2D eigenvalue weighted by Gasteiger charge is -2.21. The van der Waals surface area contributed by atoms with E-state index in [1.54, 1.807) is 6.07 Å². The van der Waals surface area contributed by atoms with Crippen molar-refractivity contribution in [3.63, 3.8) is 0 Å². The van der Waals surface area contributed by atoms with E-state index in [2.05, 4.69) is 0 Å². The zero-order chi connectivity index (χ0) is 12.6. The normalized spacial score (nSPS) is 13.2. The highest BCUT2D eigenvalue weighted by molar-refractivity contribution is 6.88. The van der Waals surface area contributed by atoms with Gasteiger partial charge in [-0.2, -0.15) is 8.78 Å². The van der Waals surface area contributed by atoms with Crippen molar-refractivity contribution in [3.8, 4) is 0 Å². The summed E-state index contributed by atoms with van der Waals surface area (Å²) in [5.74, 6) is -4.06. The van der Waals surface area contributed by atoms with Crippen molar-refractivity contribution in [1.29, 1.82) is 0 Å². The van der Waals surface area contributed by atoms with Crippen LogP contribution in [0.1, 0.15) is 5.56 Å². The van der Waals surface area contributed by atoms with Gasteiger partial charge in [0.05, 0.1) is 8.07 Å². The molecule has 0 saturated heterocycles. The van der Waals surface area contributed by atoms with Crippen LogP contribution < -0.4 is 5.19 Å². The van der Waals surface area contributed by atoms with Crippen molar-refractivity contribution in [2.45, 2.75) is 32.0 Å². The molecule has 0 N–H and O–H groups in total. The fourth-order valence-corrected chi connectivity index (χ4v) is 2.50. The molecule has 0 saturated carbocycles. The monoisotopic (exact) mass is 250 g/mol. The lowest BCUT2D eigenvalue weighted by atomic mass is 10.1. The topological polar surface area (TPSA) is 0 Å². The van der Waals surface area contributed by atoms with Crippen LogP contribution in [0.4, 0.5) is 17.6 Å². The zero-order valence-electron chi connectivity index (χ0n) is 9.40. The molecule has 0 nitrogen and oxygen atoms in total. The summed E-state index contributed by atoms with van der Waals surface area (Å²) in [6, 6.07) is 5.39. The highest BCUT2D eigenvalue weighted by Crippen LogP contribution is 2.34. The minimum absolute atomic E-state index is 0.595. The average molecular weight is 250 g/mol. The van der Waals surface area contributed by atoms with Crippen LogP contribution in [0, 0.1) is 0 Å². The Morgan fingerprint density at radius 3 is 2.12 bits per heavy atom. The molecular formula is C11H14F4Si. The lowest BCUT2D eigenvalue weighted by Crippen LogP contribution is -2.38. The molecular weight excluding hydrogens is 236 g/mol. The van der Waals surface area contributed by atoms with E-state index >= 15 is 0 Å². The highest BCUT2D eigenvalue weighted by Gasteiger charge is 2.42. The van der Waals surface area contributed by atoms with Gasteiger partial charge in [0.1, 0.15) is 0 Å². The van der Waals surface area contributed by atoms with Crippen LogP contribution >= 0.6 is 0 Å². The largest absolute Gasteiger partial charge is 0.332 e. The van der Waals surface area contributed by atoms with Crippen molar-refractivity contribution < 1.29 is 17.6 Å². The first-order valence-electron chi connectivity index (χ1n) is 4.92. The fraction of sp³-hybridized carbons (Fsp3) is 0.455. The molecule has 0 amide bonds. The molecule has 90 valence electrons. The Morgan fingerprint density at radius 1 is 1.12 bits per heavy atom. The number of alkyl halides is 4. The molecule has 0 heterocycles. The summed E-state index contributed by atoms with van der Waals surface area (Å²) in [7, 11) is -1.76. The third-order valence-corrected chi connectivity index (χ3v) is 4.43. The first kappa shape index (κ1) is 13.2. The highest BCUT2D eigenvalue weighted by atomic mass is 28.3. The SMILES string of the molecule is C[Si](C)(C)c1cccc(C(F)(F)C(F)F)c1. The smallest absolute Gasteiger partial charge is 0.203 e. The summed E-state index contributed by atoms with van der Waals surface area (Å²) in [6.07, 6.45) is -3.66. The standard InChI is InChI=1S/C11H14F4Si/c1-16(2,3)9-6-4-5-8(7-9)11(14,15)10(12)13/h4-7,10H,1-3H3. The van der Waals surface area contributed by atoms with Crippen LogP contribution in [0.3, 0.4) is 0 Å². The van der Waals surface area contributed by atoms with Crippen LogP contribution in [-0.2, 0) is 5.92 Å². The summed E-state index contributed by atoms with van der Waals surface area (Å²) in [5.41, 5.74) is -0.595. The first-order chi connectivity index (χ1) is 7.15. The van der Waals surface area contributed by atoms with Crippen LogP contribution in [0.15, 0.2) is 24.3 Å². The van der Waals surface area contributed by atoms with Crippen molar-refractivity contribution in [2.75, 3.05) is 0 Å². The van der Waals surface area contributed by atoms with Gasteiger partial charge < -0.3 is 0 Å². The van der Waals surface area contributed by atoms with Crippen molar-refractivity contribution >= 4 is 13.3 Å². The van der Waals surface area contributed by atoms with Crippen molar-refractivity contribution in [3.05, 3.63) is 29.8 Å². The minimum atomic E-state index is -4.06. The predicted molar refractivity (Wildman–Crippen MR) is 59.3 cm³/mol. The Hall–Kier alpha value is -0.843. The minimum Gasteiger partial charge on any atom is -0.203 e. The molecule has 0 aliphatic rings. The van der Waals surface area contributed by atoms with E-state index in [0.29, 0.717) is 0 Å². The Bertz CT molecular complexity index is 368. The van der Waals surface area contributed by atoms with Gasteiger partial charge in [-0.25, -0.2) is 8.78 Å². The molecule has 0 aliphatic carbocycles. The molecule has 16 heavy (non-hydrogen) atoms. The molecule has 0 radical (unpaired) electrons. The molecule has 0 spiro atoms. The van der Waals surface area contributed by atoms with Gasteiger partial charge in [0.15, 0.2) is 0 Å². The quantitative estimate of drug-likeness (QED) is 0.568. The Balaban J connectivity index is 3.18. The molecule has 0 unspecified atom stereocenters. The number of halogens is 4. The molecule has 0 fully saturated rings. The van der Waals surface area contributed by atoms with Gasteiger partial charge in [-0.15, -0.1) is 0 Å². The maximum Gasteiger partial charge on any atom is 0.332 e. The second-order valence-corrected chi connectivity index (χ2v) is 9.83. The first-order valence-corrected chi connectivity index (χ1v) is 8.42. The van der Waals surface area contributed by atoms with E-state index in [4.69, 9.17) is 0 Å². The van der Waals surface area contributed by atoms with E-state index in [9.17, 15) is 17.6 Å². The summed E-state index contributed by atoms with van der Waals surface area (Å²) < 4.78 is 50.6. The number of hydrogen-bond donors (Lipinski definition) is 0. The van der Waals surface area contributed by atoms with Crippen molar-refractivity contribution in [2.24, 2.45) is 0 Å². The van der Waals surface area contributed by atoms with Gasteiger partial charge in [-0.1, -0.05) is 49.1 Å². The summed E-state index contributed by atoms with van der Waals surface area (Å²) in [5, 5.41) is 0.755. The predicted octanol–water partition coefficient (Wildman–Crippen LogP) is 3.59. The van der Waals surface area contributed by atoms with E-state index in [1.165, 1.54) is 12.1 Å². The van der Waals surface area contributed by atoms with Gasteiger partial charge in [0.2, 0.25) is 0 Å². The molecule has 1 aromatic carbocycles. The maximum absolute atomic E-state index is 13.1. The zero-order valence-corrected chi connectivity index (χ0v) is 10.4. The van der Waals surface area contributed by atoms with Gasteiger partial charge in [-0.05, 0) is 0 Å². The van der Waals surface area contributed by atoms with Crippen molar-refractivity contribution in [1.82, 2.24) is 0 Å². The van der Waals surface area contributed by atoms with E-state index < -0.39 is 26.0 Å². The van der Waals surface area contributed by atoms with Crippen LogP contribution in [0.2, 0.25) is 19.6 Å². The number of rotatable bonds is 3. The molecule has 5 heteroatoms. The molecule has 1 aromatic rings. The second kappa shape index (κ2) is 4.20. The molecule has 0 bridgehead atoms. The van der Waals surface area contributed by atoms with E-state index in [0.717, 1.165) is 11.3 Å². The average Bonchev–Trinajstić information content (AvgIpc) is 2.16.